The number of likely N-dealkylation sites (tertiary alicyclic amines) is 1. The van der Waals surface area contributed by atoms with Crippen molar-refractivity contribution < 1.29 is 9.90 Å². The number of carbonyl (C=O) groups is 1. The molecule has 2 aliphatic rings. The number of carbonyl (C=O) groups excluding carboxylic acids is 1. The Labute approximate surface area is 158 Å². The molecular weight excluding hydrogens is 348 g/mol. The molecule has 27 heavy (non-hydrogen) atoms. The van der Waals surface area contributed by atoms with Crippen LogP contribution in [0.2, 0.25) is 0 Å². The van der Waals surface area contributed by atoms with Crippen molar-refractivity contribution in [3.05, 3.63) is 12.4 Å². The average Bonchev–Trinajstić information content (AvgIpc) is 3.30. The van der Waals surface area contributed by atoms with Gasteiger partial charge < -0.3 is 20.6 Å². The highest BCUT2D eigenvalue weighted by atomic mass is 16.3. The molecule has 0 bridgehead atoms. The van der Waals surface area contributed by atoms with Crippen molar-refractivity contribution in [2.75, 3.05) is 25.0 Å². The second kappa shape index (κ2) is 8.38. The van der Waals surface area contributed by atoms with Crippen LogP contribution in [0.5, 0.6) is 0 Å². The van der Waals surface area contributed by atoms with E-state index in [0.29, 0.717) is 13.1 Å². The molecule has 148 valence electrons. The van der Waals surface area contributed by atoms with E-state index in [9.17, 15) is 4.79 Å². The number of amides is 1. The lowest BCUT2D eigenvalue weighted by Gasteiger charge is -2.40. The molecule has 3 heterocycles. The molecule has 2 aliphatic heterocycles. The van der Waals surface area contributed by atoms with Crippen LogP contribution in [0.4, 0.5) is 5.69 Å². The minimum Gasteiger partial charge on any atom is -0.387 e. The standard InChI is InChI=1S/C17H28N8O2/c1-12(21-17(18)22-13-9-20-23(2)10-13)15-3-6-19-25(15)14-4-7-24(8-5-14)16(27)11-26/h6,9-10,12,14-15,26H,3-5,7-8,11H2,1-2H3,(H3,18,21,22)/t12?,15-/m0/s1. The van der Waals surface area contributed by atoms with Crippen LogP contribution in [0.1, 0.15) is 26.2 Å². The Hall–Kier alpha value is -2.62. The second-order valence-electron chi connectivity index (χ2n) is 7.09. The molecule has 1 aromatic heterocycles. The topological polar surface area (TPSA) is 122 Å². The number of rotatable bonds is 5. The Balaban J connectivity index is 1.52. The number of aliphatic hydroxyl groups is 1. The van der Waals surface area contributed by atoms with Crippen molar-refractivity contribution >= 4 is 23.8 Å². The summed E-state index contributed by atoms with van der Waals surface area (Å²) >= 11 is 0. The van der Waals surface area contributed by atoms with Gasteiger partial charge in [-0.2, -0.15) is 10.2 Å². The molecule has 0 aliphatic carbocycles. The highest BCUT2D eigenvalue weighted by molar-refractivity contribution is 5.91. The number of aromatic nitrogens is 2. The van der Waals surface area contributed by atoms with E-state index in [1.54, 1.807) is 15.8 Å². The third-order valence-corrected chi connectivity index (χ3v) is 5.15. The molecule has 1 aromatic rings. The van der Waals surface area contributed by atoms with E-state index in [2.05, 4.69) is 32.8 Å². The van der Waals surface area contributed by atoms with E-state index >= 15 is 0 Å². The van der Waals surface area contributed by atoms with Crippen molar-refractivity contribution in [3.8, 4) is 0 Å². The van der Waals surface area contributed by atoms with E-state index < -0.39 is 6.61 Å². The molecule has 0 spiro atoms. The van der Waals surface area contributed by atoms with Crippen molar-refractivity contribution in [3.63, 3.8) is 0 Å². The maximum Gasteiger partial charge on any atom is 0.248 e. The van der Waals surface area contributed by atoms with Gasteiger partial charge in [0.1, 0.15) is 6.61 Å². The Kier molecular flexibility index (Phi) is 5.94. The fraction of sp³-hybridized carbons (Fsp3) is 0.647. The van der Waals surface area contributed by atoms with Crippen LogP contribution >= 0.6 is 0 Å². The van der Waals surface area contributed by atoms with Crippen LogP contribution in [0.25, 0.3) is 0 Å². The molecule has 1 saturated heterocycles. The first-order chi connectivity index (χ1) is 13.0. The number of hydrogen-bond donors (Lipinski definition) is 4. The van der Waals surface area contributed by atoms with Gasteiger partial charge in [0, 0.05) is 45.0 Å². The monoisotopic (exact) mass is 376 g/mol. The molecule has 10 heteroatoms. The number of nitrogens with zero attached hydrogens (tertiary/aromatic N) is 5. The fourth-order valence-corrected chi connectivity index (χ4v) is 3.71. The summed E-state index contributed by atoms with van der Waals surface area (Å²) in [4.78, 5) is 13.3. The molecule has 4 N–H and O–H groups in total. The molecule has 2 atom stereocenters. The first-order valence-corrected chi connectivity index (χ1v) is 9.28. The summed E-state index contributed by atoms with van der Waals surface area (Å²) in [6.07, 6.45) is 7.90. The SMILES string of the molecule is CC(NC(=N)Nc1cnn(C)c1)[C@@H]1CC=NN1C1CCN(C(=O)CO)CC1. The smallest absolute Gasteiger partial charge is 0.248 e. The Morgan fingerprint density at radius 3 is 2.81 bits per heavy atom. The van der Waals surface area contributed by atoms with Crippen LogP contribution in [0, 0.1) is 5.41 Å². The van der Waals surface area contributed by atoms with Gasteiger partial charge in [-0.25, -0.2) is 0 Å². The normalized spacial score (nSPS) is 21.4. The van der Waals surface area contributed by atoms with Crippen LogP contribution < -0.4 is 10.6 Å². The lowest BCUT2D eigenvalue weighted by molar-refractivity contribution is -0.135. The molecule has 0 aromatic carbocycles. The van der Waals surface area contributed by atoms with Crippen LogP contribution in [-0.2, 0) is 11.8 Å². The Morgan fingerprint density at radius 1 is 1.44 bits per heavy atom. The summed E-state index contributed by atoms with van der Waals surface area (Å²) in [5, 5.41) is 34.1. The molecule has 0 radical (unpaired) electrons. The number of anilines is 1. The summed E-state index contributed by atoms with van der Waals surface area (Å²) in [6.45, 7) is 2.91. The molecule has 1 unspecified atom stereocenters. The second-order valence-corrected chi connectivity index (χ2v) is 7.09. The number of piperidine rings is 1. The third kappa shape index (κ3) is 4.57. The first-order valence-electron chi connectivity index (χ1n) is 9.28. The summed E-state index contributed by atoms with van der Waals surface area (Å²) < 4.78 is 1.68. The Morgan fingerprint density at radius 2 is 2.19 bits per heavy atom. The third-order valence-electron chi connectivity index (χ3n) is 5.15. The van der Waals surface area contributed by atoms with Gasteiger partial charge in [0.05, 0.1) is 24.0 Å². The van der Waals surface area contributed by atoms with Gasteiger partial charge in [0.2, 0.25) is 5.91 Å². The summed E-state index contributed by atoms with van der Waals surface area (Å²) in [5.74, 6) is 0.0191. The van der Waals surface area contributed by atoms with Gasteiger partial charge in [-0.1, -0.05) is 0 Å². The Bertz CT molecular complexity index is 695. The zero-order valence-electron chi connectivity index (χ0n) is 15.8. The first kappa shape index (κ1) is 19.2. The predicted molar refractivity (Wildman–Crippen MR) is 103 cm³/mol. The van der Waals surface area contributed by atoms with Gasteiger partial charge in [0.25, 0.3) is 0 Å². The van der Waals surface area contributed by atoms with E-state index in [0.717, 1.165) is 24.9 Å². The lowest BCUT2D eigenvalue weighted by Crippen LogP contribution is -2.53. The summed E-state index contributed by atoms with van der Waals surface area (Å²) in [6, 6.07) is 0.452. The minimum absolute atomic E-state index is 0.0290. The molecule has 0 saturated carbocycles. The van der Waals surface area contributed by atoms with Crippen LogP contribution in [-0.4, -0.2) is 80.7 Å². The van der Waals surface area contributed by atoms with Crippen molar-refractivity contribution in [1.82, 2.24) is 25.0 Å². The van der Waals surface area contributed by atoms with Gasteiger partial charge in [0.15, 0.2) is 5.96 Å². The average molecular weight is 376 g/mol. The largest absolute Gasteiger partial charge is 0.387 e. The molecule has 1 amide bonds. The maximum atomic E-state index is 11.6. The minimum atomic E-state index is -0.428. The van der Waals surface area contributed by atoms with Crippen molar-refractivity contribution in [2.45, 2.75) is 44.3 Å². The van der Waals surface area contributed by atoms with Gasteiger partial charge in [-0.15, -0.1) is 0 Å². The van der Waals surface area contributed by atoms with Crippen molar-refractivity contribution in [1.29, 1.82) is 5.41 Å². The molecule has 10 nitrogen and oxygen atoms in total. The predicted octanol–water partition coefficient (Wildman–Crippen LogP) is -0.212. The number of aliphatic hydroxyl groups excluding tert-OH is 1. The number of hydrazone groups is 1. The van der Waals surface area contributed by atoms with Gasteiger partial charge in [-0.3, -0.25) is 19.9 Å². The quantitative estimate of drug-likeness (QED) is 0.417. The zero-order valence-corrected chi connectivity index (χ0v) is 15.8. The highest BCUT2D eigenvalue weighted by Crippen LogP contribution is 2.25. The van der Waals surface area contributed by atoms with E-state index in [4.69, 9.17) is 10.5 Å². The van der Waals surface area contributed by atoms with E-state index in [-0.39, 0.29) is 30.0 Å². The number of nitrogens with one attached hydrogen (secondary N) is 3. The lowest BCUT2D eigenvalue weighted by atomic mass is 10.00. The van der Waals surface area contributed by atoms with Gasteiger partial charge in [-0.05, 0) is 19.8 Å². The number of guanidine groups is 1. The van der Waals surface area contributed by atoms with E-state index in [1.807, 2.05) is 19.5 Å². The summed E-state index contributed by atoms with van der Waals surface area (Å²) in [5.41, 5.74) is 0.766. The zero-order chi connectivity index (χ0) is 19.4. The van der Waals surface area contributed by atoms with Crippen LogP contribution in [0.15, 0.2) is 17.5 Å². The van der Waals surface area contributed by atoms with Gasteiger partial charge >= 0.3 is 0 Å². The van der Waals surface area contributed by atoms with Crippen LogP contribution in [0.3, 0.4) is 0 Å². The number of hydrogen-bond acceptors (Lipinski definition) is 6. The molecular formula is C17H28N8O2. The van der Waals surface area contributed by atoms with Crippen molar-refractivity contribution in [2.24, 2.45) is 12.1 Å². The highest BCUT2D eigenvalue weighted by Gasteiger charge is 2.34. The number of aryl methyl sites for hydroxylation is 1. The molecule has 3 rings (SSSR count). The summed E-state index contributed by atoms with van der Waals surface area (Å²) in [7, 11) is 1.83. The molecule has 1 fully saturated rings. The van der Waals surface area contributed by atoms with E-state index in [1.165, 1.54) is 0 Å². The maximum absolute atomic E-state index is 11.6. The fourth-order valence-electron chi connectivity index (χ4n) is 3.71.